The predicted molar refractivity (Wildman–Crippen MR) is 138 cm³/mol. The smallest absolute Gasteiger partial charge is 0.166 e. The number of hydrogen-bond acceptors (Lipinski definition) is 7. The Morgan fingerprint density at radius 3 is 2.20 bits per heavy atom. The third kappa shape index (κ3) is 6.09. The van der Waals surface area contributed by atoms with Gasteiger partial charge in [0, 0.05) is 37.8 Å². The van der Waals surface area contributed by atoms with Gasteiger partial charge in [0.1, 0.15) is 0 Å². The summed E-state index contributed by atoms with van der Waals surface area (Å²) < 4.78 is 16.3. The molecule has 198 valence electrons. The maximum absolute atomic E-state index is 11.4. The second-order valence-corrected chi connectivity index (χ2v) is 11.0. The van der Waals surface area contributed by atoms with Gasteiger partial charge in [-0.1, -0.05) is 36.8 Å². The molecule has 1 aromatic carbocycles. The van der Waals surface area contributed by atoms with E-state index in [2.05, 4.69) is 59.1 Å². The molecule has 7 heteroatoms. The van der Waals surface area contributed by atoms with Crippen molar-refractivity contribution in [3.8, 4) is 0 Å². The summed E-state index contributed by atoms with van der Waals surface area (Å²) >= 11 is 0. The summed E-state index contributed by atoms with van der Waals surface area (Å²) in [5.74, 6) is 0.733. The molecule has 1 aliphatic heterocycles. The van der Waals surface area contributed by atoms with Crippen LogP contribution in [0.25, 0.3) is 0 Å². The summed E-state index contributed by atoms with van der Waals surface area (Å²) in [5.41, 5.74) is 1.54. The molecule has 1 aromatic rings. The highest BCUT2D eigenvalue weighted by Crippen LogP contribution is 2.50. The Balaban J connectivity index is 1.38. The van der Waals surface area contributed by atoms with Crippen molar-refractivity contribution in [1.82, 2.24) is 14.7 Å². The first-order valence-electron chi connectivity index (χ1n) is 13.6. The highest BCUT2D eigenvalue weighted by Gasteiger charge is 2.54. The quantitative estimate of drug-likeness (QED) is 0.427. The molecule has 0 aromatic heterocycles. The predicted octanol–water partition coefficient (Wildman–Crippen LogP) is 3.13. The van der Waals surface area contributed by atoms with Gasteiger partial charge in [0.2, 0.25) is 0 Å². The standard InChI is InChI=1S/C28H47N3O4/c1-29(2)28(25-10-5-4-6-11-25)14-12-27(13-15-28)23-30(16-17-34-20-21-35-19-18-33-3)26(32)31(27)22-24-8-7-9-24/h4-6,10-11,24,26,32H,7-9,12-23H2,1-3H3/t26?,27-,28+. The van der Waals surface area contributed by atoms with E-state index < -0.39 is 6.35 Å². The van der Waals surface area contributed by atoms with E-state index in [0.717, 1.165) is 51.2 Å². The Labute approximate surface area is 212 Å². The lowest BCUT2D eigenvalue weighted by atomic mass is 9.68. The van der Waals surface area contributed by atoms with E-state index in [1.54, 1.807) is 7.11 Å². The fourth-order valence-corrected chi connectivity index (χ4v) is 6.39. The third-order valence-electron chi connectivity index (χ3n) is 8.89. The van der Waals surface area contributed by atoms with E-state index in [0.29, 0.717) is 33.0 Å². The molecule has 4 rings (SSSR count). The van der Waals surface area contributed by atoms with Crippen LogP contribution in [0.4, 0.5) is 0 Å². The second kappa shape index (κ2) is 12.5. The highest BCUT2D eigenvalue weighted by molar-refractivity contribution is 5.26. The number of aliphatic hydroxyl groups excluding tert-OH is 1. The third-order valence-corrected chi connectivity index (χ3v) is 8.89. The van der Waals surface area contributed by atoms with Gasteiger partial charge in [-0.25, -0.2) is 0 Å². The van der Waals surface area contributed by atoms with Crippen LogP contribution in [-0.2, 0) is 19.7 Å². The van der Waals surface area contributed by atoms with Crippen molar-refractivity contribution in [2.24, 2.45) is 5.92 Å². The summed E-state index contributed by atoms with van der Waals surface area (Å²) in [6, 6.07) is 11.0. The van der Waals surface area contributed by atoms with Crippen LogP contribution >= 0.6 is 0 Å². The minimum Gasteiger partial charge on any atom is -0.382 e. The summed E-state index contributed by atoms with van der Waals surface area (Å²) in [6.07, 6.45) is 7.86. The first-order chi connectivity index (χ1) is 17.0. The SMILES string of the molecule is COCCOCCOCCN1C[C@]2(CC[C@](c3ccccc3)(N(C)C)CC2)N(CC2CCC2)C1O. The zero-order chi connectivity index (χ0) is 24.7. The Morgan fingerprint density at radius 2 is 1.60 bits per heavy atom. The van der Waals surface area contributed by atoms with Crippen molar-refractivity contribution >= 4 is 0 Å². The lowest BCUT2D eigenvalue weighted by Gasteiger charge is -2.52. The number of methoxy groups -OCH3 is 1. The summed E-state index contributed by atoms with van der Waals surface area (Å²) in [4.78, 5) is 7.14. The zero-order valence-electron chi connectivity index (χ0n) is 22.2. The number of ether oxygens (including phenoxy) is 3. The Bertz CT molecular complexity index is 750. The average molecular weight is 490 g/mol. The Kier molecular flexibility index (Phi) is 9.60. The van der Waals surface area contributed by atoms with E-state index in [1.165, 1.54) is 24.8 Å². The van der Waals surface area contributed by atoms with Crippen LogP contribution in [0.3, 0.4) is 0 Å². The van der Waals surface area contributed by atoms with Crippen LogP contribution in [0.15, 0.2) is 30.3 Å². The van der Waals surface area contributed by atoms with E-state index in [9.17, 15) is 5.11 Å². The minimum absolute atomic E-state index is 0.0482. The van der Waals surface area contributed by atoms with Gasteiger partial charge >= 0.3 is 0 Å². The molecule has 0 amide bonds. The Hall–Kier alpha value is -1.06. The molecule has 35 heavy (non-hydrogen) atoms. The minimum atomic E-state index is -0.513. The molecule has 1 atom stereocenters. The molecule has 1 spiro atoms. The number of rotatable bonds is 13. The molecule has 2 saturated carbocycles. The normalized spacial score (nSPS) is 30.4. The first kappa shape index (κ1) is 27.0. The average Bonchev–Trinajstić information content (AvgIpc) is 3.09. The van der Waals surface area contributed by atoms with Crippen molar-refractivity contribution in [1.29, 1.82) is 0 Å². The highest BCUT2D eigenvalue weighted by atomic mass is 16.5. The van der Waals surface area contributed by atoms with Crippen LogP contribution < -0.4 is 0 Å². The van der Waals surface area contributed by atoms with Crippen LogP contribution in [0.5, 0.6) is 0 Å². The van der Waals surface area contributed by atoms with Gasteiger partial charge in [0.05, 0.1) is 33.0 Å². The monoisotopic (exact) mass is 489 g/mol. The van der Waals surface area contributed by atoms with Crippen molar-refractivity contribution in [3.05, 3.63) is 35.9 Å². The van der Waals surface area contributed by atoms with Crippen LogP contribution in [0, 0.1) is 5.92 Å². The van der Waals surface area contributed by atoms with Crippen molar-refractivity contribution < 1.29 is 19.3 Å². The first-order valence-corrected chi connectivity index (χ1v) is 13.6. The van der Waals surface area contributed by atoms with Crippen molar-refractivity contribution in [2.75, 3.05) is 73.9 Å². The Morgan fingerprint density at radius 1 is 0.943 bits per heavy atom. The number of benzene rings is 1. The van der Waals surface area contributed by atoms with Gasteiger partial charge < -0.3 is 19.3 Å². The van der Waals surface area contributed by atoms with E-state index >= 15 is 0 Å². The zero-order valence-corrected chi connectivity index (χ0v) is 22.2. The molecule has 3 aliphatic rings. The molecule has 7 nitrogen and oxygen atoms in total. The van der Waals surface area contributed by atoms with Crippen LogP contribution in [0.2, 0.25) is 0 Å². The van der Waals surface area contributed by atoms with Crippen molar-refractivity contribution in [2.45, 2.75) is 62.4 Å². The molecule has 1 N–H and O–H groups in total. The fourth-order valence-electron chi connectivity index (χ4n) is 6.39. The topological polar surface area (TPSA) is 57.6 Å². The lowest BCUT2D eigenvalue weighted by Crippen LogP contribution is -2.57. The van der Waals surface area contributed by atoms with E-state index in [1.807, 2.05) is 0 Å². The van der Waals surface area contributed by atoms with E-state index in [-0.39, 0.29) is 11.1 Å². The molecule has 1 saturated heterocycles. The molecule has 1 unspecified atom stereocenters. The lowest BCUT2D eigenvalue weighted by molar-refractivity contribution is -0.105. The van der Waals surface area contributed by atoms with Crippen LogP contribution in [-0.4, -0.2) is 106 Å². The summed E-state index contributed by atoms with van der Waals surface area (Å²) in [6.45, 7) is 5.67. The number of hydrogen-bond donors (Lipinski definition) is 1. The largest absolute Gasteiger partial charge is 0.382 e. The van der Waals surface area contributed by atoms with Gasteiger partial charge in [0.25, 0.3) is 0 Å². The van der Waals surface area contributed by atoms with Crippen molar-refractivity contribution in [3.63, 3.8) is 0 Å². The molecule has 0 radical (unpaired) electrons. The van der Waals surface area contributed by atoms with Gasteiger partial charge in [-0.3, -0.25) is 14.7 Å². The van der Waals surface area contributed by atoms with Gasteiger partial charge in [-0.05, 0) is 64.1 Å². The van der Waals surface area contributed by atoms with E-state index in [4.69, 9.17) is 14.2 Å². The summed E-state index contributed by atoms with van der Waals surface area (Å²) in [5, 5.41) is 11.4. The maximum Gasteiger partial charge on any atom is 0.166 e. The van der Waals surface area contributed by atoms with Gasteiger partial charge in [-0.2, -0.15) is 0 Å². The molecule has 2 aliphatic carbocycles. The molecule has 1 heterocycles. The summed E-state index contributed by atoms with van der Waals surface area (Å²) in [7, 11) is 6.13. The number of aliphatic hydroxyl groups is 1. The molecule has 0 bridgehead atoms. The second-order valence-electron chi connectivity index (χ2n) is 11.0. The van der Waals surface area contributed by atoms with Gasteiger partial charge in [0.15, 0.2) is 6.35 Å². The molecule has 3 fully saturated rings. The van der Waals surface area contributed by atoms with Crippen LogP contribution in [0.1, 0.15) is 50.5 Å². The maximum atomic E-state index is 11.4. The number of nitrogens with zero attached hydrogens (tertiary/aromatic N) is 3. The molecular weight excluding hydrogens is 442 g/mol. The molecular formula is C28H47N3O4. The van der Waals surface area contributed by atoms with Gasteiger partial charge in [-0.15, -0.1) is 0 Å². The fraction of sp³-hybridized carbons (Fsp3) is 0.786.